The molecule has 1 amide bonds. The molecule has 0 aromatic heterocycles. The van der Waals surface area contributed by atoms with E-state index in [1.165, 1.54) is 20.3 Å². The third-order valence-electron chi connectivity index (χ3n) is 3.74. The number of hydrogen-bond donors (Lipinski definition) is 1. The van der Waals surface area contributed by atoms with Gasteiger partial charge in [0.05, 0.1) is 20.3 Å². The van der Waals surface area contributed by atoms with Crippen LogP contribution in [0.25, 0.3) is 0 Å². The van der Waals surface area contributed by atoms with Crippen LogP contribution in [-0.4, -0.2) is 38.2 Å². The van der Waals surface area contributed by atoms with Crippen LogP contribution in [0.1, 0.15) is 31.1 Å². The van der Waals surface area contributed by atoms with Crippen LogP contribution in [0.2, 0.25) is 0 Å². The van der Waals surface area contributed by atoms with E-state index < -0.39 is 24.0 Å². The zero-order valence-corrected chi connectivity index (χ0v) is 14.5. The van der Waals surface area contributed by atoms with Gasteiger partial charge < -0.3 is 19.5 Å². The average molecular weight is 334 g/mol. The van der Waals surface area contributed by atoms with Gasteiger partial charge in [-0.1, -0.05) is 19.9 Å². The van der Waals surface area contributed by atoms with Crippen LogP contribution in [0, 0.1) is 17.2 Å². The molecular formula is C17H22N2O5. The molecule has 1 atom stereocenters. The van der Waals surface area contributed by atoms with Crippen LogP contribution in [-0.2, 0) is 9.53 Å². The van der Waals surface area contributed by atoms with Gasteiger partial charge in [-0.25, -0.2) is 4.79 Å². The Labute approximate surface area is 141 Å². The van der Waals surface area contributed by atoms with E-state index in [0.29, 0.717) is 5.75 Å². The number of carbonyl (C=O) groups excluding carboxylic acids is 2. The fourth-order valence-electron chi connectivity index (χ4n) is 1.88. The fourth-order valence-corrected chi connectivity index (χ4v) is 1.88. The van der Waals surface area contributed by atoms with E-state index in [9.17, 15) is 14.9 Å². The smallest absolute Gasteiger partial charge is 0.342 e. The molecule has 0 saturated carbocycles. The lowest BCUT2D eigenvalue weighted by Gasteiger charge is -2.27. The van der Waals surface area contributed by atoms with Crippen molar-refractivity contribution in [2.24, 2.45) is 5.92 Å². The monoisotopic (exact) mass is 334 g/mol. The zero-order chi connectivity index (χ0) is 18.3. The number of ether oxygens (including phenoxy) is 3. The highest BCUT2D eigenvalue weighted by molar-refractivity contribution is 5.95. The van der Waals surface area contributed by atoms with Crippen molar-refractivity contribution in [1.29, 1.82) is 5.26 Å². The molecule has 0 aliphatic rings. The summed E-state index contributed by atoms with van der Waals surface area (Å²) < 4.78 is 15.3. The lowest BCUT2D eigenvalue weighted by Crippen LogP contribution is -2.50. The van der Waals surface area contributed by atoms with Crippen molar-refractivity contribution in [2.45, 2.75) is 26.3 Å². The Kier molecular flexibility index (Phi) is 6.59. The number of para-hydroxylation sites is 1. The van der Waals surface area contributed by atoms with E-state index in [0.717, 1.165) is 0 Å². The van der Waals surface area contributed by atoms with Gasteiger partial charge >= 0.3 is 5.97 Å². The largest absolute Gasteiger partial charge is 0.493 e. The molecule has 0 radical (unpaired) electrons. The lowest BCUT2D eigenvalue weighted by atomic mass is 9.90. The molecule has 7 heteroatoms. The Morgan fingerprint density at radius 2 is 1.96 bits per heavy atom. The number of hydrogen-bond acceptors (Lipinski definition) is 6. The molecule has 0 aliphatic heterocycles. The third kappa shape index (κ3) is 4.38. The van der Waals surface area contributed by atoms with Crippen molar-refractivity contribution in [3.8, 4) is 17.6 Å². The summed E-state index contributed by atoms with van der Waals surface area (Å²) in [4.78, 5) is 24.1. The lowest BCUT2D eigenvalue weighted by molar-refractivity contribution is -0.125. The Bertz CT molecular complexity index is 651. The minimum atomic E-state index is -1.03. The van der Waals surface area contributed by atoms with Crippen LogP contribution >= 0.6 is 0 Å². The Hall–Kier alpha value is -2.75. The topological polar surface area (TPSA) is 97.6 Å². The van der Waals surface area contributed by atoms with Gasteiger partial charge in [-0.05, 0) is 25.0 Å². The highest BCUT2D eigenvalue weighted by Crippen LogP contribution is 2.31. The summed E-state index contributed by atoms with van der Waals surface area (Å²) in [6.45, 7) is 4.75. The quantitative estimate of drug-likeness (QED) is 0.765. The number of benzene rings is 1. The maximum absolute atomic E-state index is 12.2. The van der Waals surface area contributed by atoms with Gasteiger partial charge in [0.15, 0.2) is 18.1 Å². The second-order valence-electron chi connectivity index (χ2n) is 5.63. The number of rotatable bonds is 7. The van der Waals surface area contributed by atoms with E-state index in [4.69, 9.17) is 14.2 Å². The van der Waals surface area contributed by atoms with Gasteiger partial charge in [0, 0.05) is 0 Å². The predicted molar refractivity (Wildman–Crippen MR) is 86.8 cm³/mol. The SMILES string of the molecule is COc1cccc(C(=O)OCC(=O)N[C@](C)(C#N)C(C)C)c1OC. The highest BCUT2D eigenvalue weighted by atomic mass is 16.5. The standard InChI is InChI=1S/C17H22N2O5/c1-11(2)17(3,10-18)19-14(20)9-24-16(21)12-7-6-8-13(22-4)15(12)23-5/h6-8,11H,9H2,1-5H3,(H,19,20)/t17-/m1/s1. The van der Waals surface area contributed by atoms with Gasteiger partial charge in [0.2, 0.25) is 0 Å². The second kappa shape index (κ2) is 8.20. The first-order chi connectivity index (χ1) is 11.3. The molecule has 130 valence electrons. The number of carbonyl (C=O) groups is 2. The summed E-state index contributed by atoms with van der Waals surface area (Å²) in [7, 11) is 2.86. The number of amides is 1. The van der Waals surface area contributed by atoms with Crippen molar-refractivity contribution in [2.75, 3.05) is 20.8 Å². The van der Waals surface area contributed by atoms with Gasteiger partial charge in [-0.15, -0.1) is 0 Å². The van der Waals surface area contributed by atoms with Crippen LogP contribution in [0.5, 0.6) is 11.5 Å². The van der Waals surface area contributed by atoms with E-state index in [1.54, 1.807) is 19.1 Å². The highest BCUT2D eigenvalue weighted by Gasteiger charge is 2.30. The minimum absolute atomic E-state index is 0.0966. The van der Waals surface area contributed by atoms with Gasteiger partial charge in [0.25, 0.3) is 5.91 Å². The van der Waals surface area contributed by atoms with Gasteiger partial charge in [-0.3, -0.25) is 4.79 Å². The van der Waals surface area contributed by atoms with Crippen LogP contribution in [0.3, 0.4) is 0 Å². The van der Waals surface area contributed by atoms with Crippen molar-refractivity contribution in [1.82, 2.24) is 5.32 Å². The molecule has 0 spiro atoms. The molecule has 1 aromatic carbocycles. The number of nitriles is 1. The maximum Gasteiger partial charge on any atom is 0.342 e. The second-order valence-corrected chi connectivity index (χ2v) is 5.63. The first-order valence-electron chi connectivity index (χ1n) is 7.39. The summed E-state index contributed by atoms with van der Waals surface area (Å²) >= 11 is 0. The molecule has 24 heavy (non-hydrogen) atoms. The normalized spacial score (nSPS) is 12.7. The Balaban J connectivity index is 2.77. The number of methoxy groups -OCH3 is 2. The molecule has 7 nitrogen and oxygen atoms in total. The molecule has 0 heterocycles. The first-order valence-corrected chi connectivity index (χ1v) is 7.39. The average Bonchev–Trinajstić information content (AvgIpc) is 2.58. The van der Waals surface area contributed by atoms with Crippen molar-refractivity contribution in [3.05, 3.63) is 23.8 Å². The Morgan fingerprint density at radius 3 is 2.46 bits per heavy atom. The molecule has 0 unspecified atom stereocenters. The maximum atomic E-state index is 12.2. The van der Waals surface area contributed by atoms with E-state index in [2.05, 4.69) is 11.4 Å². The first kappa shape index (κ1) is 19.3. The molecule has 0 saturated heterocycles. The minimum Gasteiger partial charge on any atom is -0.493 e. The van der Waals surface area contributed by atoms with E-state index in [1.807, 2.05) is 13.8 Å². The van der Waals surface area contributed by atoms with Crippen LogP contribution in [0.15, 0.2) is 18.2 Å². The Morgan fingerprint density at radius 1 is 1.29 bits per heavy atom. The molecule has 0 aliphatic carbocycles. The van der Waals surface area contributed by atoms with Crippen molar-refractivity contribution >= 4 is 11.9 Å². The summed E-state index contributed by atoms with van der Waals surface area (Å²) in [5.41, 5.74) is -0.881. The van der Waals surface area contributed by atoms with Crippen LogP contribution < -0.4 is 14.8 Å². The molecule has 1 rings (SSSR count). The summed E-state index contributed by atoms with van der Waals surface area (Å²) in [6, 6.07) is 6.82. The molecule has 1 N–H and O–H groups in total. The van der Waals surface area contributed by atoms with E-state index >= 15 is 0 Å². The summed E-state index contributed by atoms with van der Waals surface area (Å²) in [5, 5.41) is 11.8. The third-order valence-corrected chi connectivity index (χ3v) is 3.74. The fraction of sp³-hybridized carbons (Fsp3) is 0.471. The molecule has 1 aromatic rings. The van der Waals surface area contributed by atoms with Crippen molar-refractivity contribution in [3.63, 3.8) is 0 Å². The summed E-state index contributed by atoms with van der Waals surface area (Å²) in [5.74, 6) is -0.754. The zero-order valence-electron chi connectivity index (χ0n) is 14.5. The van der Waals surface area contributed by atoms with Crippen molar-refractivity contribution < 1.29 is 23.8 Å². The number of nitrogens with zero attached hydrogens (tertiary/aromatic N) is 1. The molecule has 0 bridgehead atoms. The molecule has 0 fully saturated rings. The summed E-state index contributed by atoms with van der Waals surface area (Å²) in [6.07, 6.45) is 0. The van der Waals surface area contributed by atoms with Gasteiger partial charge in [-0.2, -0.15) is 5.26 Å². The number of esters is 1. The van der Waals surface area contributed by atoms with E-state index in [-0.39, 0.29) is 17.2 Å². The molecular weight excluding hydrogens is 312 g/mol. The van der Waals surface area contributed by atoms with Gasteiger partial charge in [0.1, 0.15) is 11.1 Å². The predicted octanol–water partition coefficient (Wildman–Crippen LogP) is 1.92. The van der Waals surface area contributed by atoms with Crippen LogP contribution in [0.4, 0.5) is 0 Å². The number of nitrogens with one attached hydrogen (secondary N) is 1.